The number of aliphatic imine (C=N–C) groups is 1. The number of phenolic OH excluding ortho intramolecular Hbond substituents is 1. The molecule has 0 saturated carbocycles. The number of hydrogen-bond acceptors (Lipinski definition) is 4. The van der Waals surface area contributed by atoms with Gasteiger partial charge in [0.2, 0.25) is 0 Å². The molecule has 1 saturated heterocycles. The maximum absolute atomic E-state index is 10.1. The van der Waals surface area contributed by atoms with Gasteiger partial charge in [0, 0.05) is 45.8 Å². The van der Waals surface area contributed by atoms with E-state index in [1.54, 1.807) is 6.07 Å². The quantitative estimate of drug-likeness (QED) is 0.212. The molecule has 0 unspecified atom stereocenters. The van der Waals surface area contributed by atoms with Crippen LogP contribution in [0.2, 0.25) is 0 Å². The number of imidazole rings is 1. The minimum atomic E-state index is 0. The van der Waals surface area contributed by atoms with Crippen LogP contribution in [-0.2, 0) is 6.54 Å². The van der Waals surface area contributed by atoms with Crippen molar-refractivity contribution < 1.29 is 5.11 Å². The average Bonchev–Trinajstić information content (AvgIpc) is 3.11. The summed E-state index contributed by atoms with van der Waals surface area (Å²) in [5, 5.41) is 13.6. The number of hydrogen-bond donors (Lipinski definition) is 2. The molecule has 4 rings (SSSR count). The van der Waals surface area contributed by atoms with E-state index in [1.165, 1.54) is 5.52 Å². The van der Waals surface area contributed by atoms with Gasteiger partial charge in [-0.2, -0.15) is 0 Å². The average molecular weight is 548 g/mol. The highest BCUT2D eigenvalue weighted by Crippen LogP contribution is 2.27. The van der Waals surface area contributed by atoms with E-state index in [4.69, 9.17) is 4.99 Å². The first-order valence-corrected chi connectivity index (χ1v) is 11.2. The van der Waals surface area contributed by atoms with Crippen LogP contribution in [-0.4, -0.2) is 64.8 Å². The first kappa shape index (κ1) is 24.2. The molecule has 0 bridgehead atoms. The fraction of sp³-hybridized carbons (Fsp3) is 0.417. The molecule has 1 fully saturated rings. The van der Waals surface area contributed by atoms with Crippen molar-refractivity contribution in [2.24, 2.45) is 4.99 Å². The molecule has 0 aliphatic carbocycles. The number of nitrogens with one attached hydrogen (secondary N) is 1. The summed E-state index contributed by atoms with van der Waals surface area (Å²) in [5.74, 6) is 2.38. The molecular weight excluding hydrogens is 515 g/mol. The monoisotopic (exact) mass is 548 g/mol. The van der Waals surface area contributed by atoms with Gasteiger partial charge in [-0.3, -0.25) is 4.99 Å². The molecule has 2 heterocycles. The predicted octanol–water partition coefficient (Wildman–Crippen LogP) is 3.85. The molecule has 3 aromatic rings. The van der Waals surface area contributed by atoms with Crippen LogP contribution in [0.4, 0.5) is 5.69 Å². The number of piperazine rings is 1. The lowest BCUT2D eigenvalue weighted by Gasteiger charge is -2.37. The predicted molar refractivity (Wildman–Crippen MR) is 142 cm³/mol. The number of guanidine groups is 1. The number of phenols is 1. The van der Waals surface area contributed by atoms with Gasteiger partial charge in [0.05, 0.1) is 16.7 Å². The molecule has 0 radical (unpaired) electrons. The number of aromatic hydroxyl groups is 1. The van der Waals surface area contributed by atoms with Crippen molar-refractivity contribution in [2.75, 3.05) is 44.2 Å². The SMILES string of the molecule is CCNC(=NCCCn1c(C)nc2ccccc21)N1CCN(c2ccccc2O)CC1.I. The Morgan fingerprint density at radius 2 is 1.78 bits per heavy atom. The van der Waals surface area contributed by atoms with Crippen LogP contribution in [0.5, 0.6) is 5.75 Å². The van der Waals surface area contributed by atoms with Crippen molar-refractivity contribution in [3.8, 4) is 5.75 Å². The Hall–Kier alpha value is -2.49. The number of benzene rings is 2. The third kappa shape index (κ3) is 5.46. The topological polar surface area (TPSA) is 68.9 Å². The molecule has 1 aliphatic rings. The maximum atomic E-state index is 10.1. The number of aromatic nitrogens is 2. The third-order valence-corrected chi connectivity index (χ3v) is 5.78. The van der Waals surface area contributed by atoms with Crippen molar-refractivity contribution in [1.29, 1.82) is 0 Å². The Bertz CT molecular complexity index is 1040. The Labute approximate surface area is 207 Å². The van der Waals surface area contributed by atoms with Gasteiger partial charge in [0.1, 0.15) is 11.6 Å². The van der Waals surface area contributed by atoms with Crippen LogP contribution in [0.3, 0.4) is 0 Å². The largest absolute Gasteiger partial charge is 0.506 e. The lowest BCUT2D eigenvalue weighted by molar-refractivity contribution is 0.369. The Morgan fingerprint density at radius 1 is 1.06 bits per heavy atom. The highest BCUT2D eigenvalue weighted by Gasteiger charge is 2.21. The highest BCUT2D eigenvalue weighted by molar-refractivity contribution is 14.0. The van der Waals surface area contributed by atoms with E-state index >= 15 is 0 Å². The molecule has 1 aromatic heterocycles. The van der Waals surface area contributed by atoms with Crippen LogP contribution < -0.4 is 10.2 Å². The molecule has 2 N–H and O–H groups in total. The maximum Gasteiger partial charge on any atom is 0.194 e. The van der Waals surface area contributed by atoms with Gasteiger partial charge in [-0.05, 0) is 44.5 Å². The van der Waals surface area contributed by atoms with Gasteiger partial charge in [-0.15, -0.1) is 24.0 Å². The number of nitrogens with zero attached hydrogens (tertiary/aromatic N) is 5. The molecule has 172 valence electrons. The van der Waals surface area contributed by atoms with E-state index in [0.717, 1.165) is 75.2 Å². The van der Waals surface area contributed by atoms with Gasteiger partial charge < -0.3 is 24.8 Å². The van der Waals surface area contributed by atoms with Crippen molar-refractivity contribution in [3.63, 3.8) is 0 Å². The Morgan fingerprint density at radius 3 is 2.53 bits per heavy atom. The van der Waals surface area contributed by atoms with Crippen molar-refractivity contribution in [1.82, 2.24) is 19.8 Å². The summed E-state index contributed by atoms with van der Waals surface area (Å²) in [6.07, 6.45) is 0.966. The van der Waals surface area contributed by atoms with Crippen molar-refractivity contribution in [2.45, 2.75) is 26.8 Å². The van der Waals surface area contributed by atoms with E-state index < -0.39 is 0 Å². The molecule has 0 atom stereocenters. The summed E-state index contributed by atoms with van der Waals surface area (Å²) in [6.45, 7) is 10.2. The third-order valence-electron chi connectivity index (χ3n) is 5.78. The smallest absolute Gasteiger partial charge is 0.194 e. The standard InChI is InChI=1S/C24H32N6O.HI/c1-3-25-24(29-17-15-28(16-18-29)22-11-6-7-12-23(22)31)26-13-8-14-30-19(2)27-20-9-4-5-10-21(20)30;/h4-7,9-12,31H,3,8,13-18H2,1-2H3,(H,25,26);1H. The van der Waals surface area contributed by atoms with Crippen LogP contribution >= 0.6 is 24.0 Å². The van der Waals surface area contributed by atoms with Crippen molar-refractivity contribution in [3.05, 3.63) is 54.4 Å². The fourth-order valence-corrected chi connectivity index (χ4v) is 4.21. The first-order valence-electron chi connectivity index (χ1n) is 11.2. The second-order valence-electron chi connectivity index (χ2n) is 7.85. The summed E-state index contributed by atoms with van der Waals surface area (Å²) in [4.78, 5) is 14.1. The molecule has 0 spiro atoms. The van der Waals surface area contributed by atoms with Crippen molar-refractivity contribution >= 4 is 46.7 Å². The summed E-state index contributed by atoms with van der Waals surface area (Å²) in [7, 11) is 0. The number of aryl methyl sites for hydroxylation is 2. The minimum Gasteiger partial charge on any atom is -0.506 e. The number of para-hydroxylation sites is 4. The van der Waals surface area contributed by atoms with Gasteiger partial charge in [-0.1, -0.05) is 24.3 Å². The zero-order chi connectivity index (χ0) is 21.6. The molecule has 7 nitrogen and oxygen atoms in total. The van der Waals surface area contributed by atoms with E-state index in [-0.39, 0.29) is 24.0 Å². The highest BCUT2D eigenvalue weighted by atomic mass is 127. The van der Waals surface area contributed by atoms with Crippen LogP contribution in [0.15, 0.2) is 53.5 Å². The molecular formula is C24H33IN6O. The second kappa shape index (κ2) is 11.4. The number of rotatable bonds is 6. The van der Waals surface area contributed by atoms with Gasteiger partial charge >= 0.3 is 0 Å². The fourth-order valence-electron chi connectivity index (χ4n) is 4.21. The molecule has 2 aromatic carbocycles. The Balaban J connectivity index is 0.00000289. The van der Waals surface area contributed by atoms with E-state index in [0.29, 0.717) is 5.75 Å². The molecule has 8 heteroatoms. The zero-order valence-electron chi connectivity index (χ0n) is 18.9. The van der Waals surface area contributed by atoms with Gasteiger partial charge in [0.25, 0.3) is 0 Å². The van der Waals surface area contributed by atoms with Gasteiger partial charge in [0.15, 0.2) is 5.96 Å². The summed E-state index contributed by atoms with van der Waals surface area (Å²) >= 11 is 0. The first-order chi connectivity index (χ1) is 15.2. The molecule has 32 heavy (non-hydrogen) atoms. The lowest BCUT2D eigenvalue weighted by atomic mass is 10.2. The lowest BCUT2D eigenvalue weighted by Crippen LogP contribution is -2.52. The van der Waals surface area contributed by atoms with E-state index in [9.17, 15) is 5.11 Å². The molecule has 1 aliphatic heterocycles. The zero-order valence-corrected chi connectivity index (χ0v) is 21.2. The number of halogens is 1. The van der Waals surface area contributed by atoms with Gasteiger partial charge in [-0.25, -0.2) is 4.98 Å². The molecule has 0 amide bonds. The summed E-state index contributed by atoms with van der Waals surface area (Å²) < 4.78 is 2.28. The summed E-state index contributed by atoms with van der Waals surface area (Å²) in [5.41, 5.74) is 3.15. The minimum absolute atomic E-state index is 0. The van der Waals surface area contributed by atoms with E-state index in [1.807, 2.05) is 24.3 Å². The van der Waals surface area contributed by atoms with E-state index in [2.05, 4.69) is 56.7 Å². The normalized spacial score (nSPS) is 14.5. The number of fused-ring (bicyclic) bond motifs is 1. The van der Waals surface area contributed by atoms with Crippen LogP contribution in [0, 0.1) is 6.92 Å². The Kier molecular flexibility index (Phi) is 8.60. The van der Waals surface area contributed by atoms with Crippen LogP contribution in [0.25, 0.3) is 11.0 Å². The van der Waals surface area contributed by atoms with Crippen LogP contribution in [0.1, 0.15) is 19.2 Å². The number of anilines is 1. The summed E-state index contributed by atoms with van der Waals surface area (Å²) in [6, 6.07) is 15.9. The second-order valence-corrected chi connectivity index (χ2v) is 7.85.